The Balaban J connectivity index is 1.55. The first kappa shape index (κ1) is 24.3. The molecule has 2 saturated heterocycles. The Morgan fingerprint density at radius 1 is 1.38 bits per heavy atom. The van der Waals surface area contributed by atoms with Gasteiger partial charge in [-0.3, -0.25) is 4.79 Å². The average molecular weight is 451 g/mol. The predicted molar refractivity (Wildman–Crippen MR) is 115 cm³/mol. The topological polar surface area (TPSA) is 175 Å². The lowest BCUT2D eigenvalue weighted by Gasteiger charge is -2.40. The number of likely N-dealkylation sites (tertiary alicyclic amines) is 1. The normalized spacial score (nSPS) is 22.2. The van der Waals surface area contributed by atoms with Crippen LogP contribution in [0.4, 0.5) is 0 Å². The summed E-state index contributed by atoms with van der Waals surface area (Å²) < 4.78 is 11.4. The average Bonchev–Trinajstić information content (AvgIpc) is 2.72. The Labute approximate surface area is 186 Å². The number of rotatable bonds is 9. The monoisotopic (exact) mass is 451 g/mol. The van der Waals surface area contributed by atoms with Gasteiger partial charge in [-0.1, -0.05) is 13.0 Å². The predicted octanol–water partition coefficient (Wildman–Crippen LogP) is -1.21. The Bertz CT molecular complexity index is 825. The van der Waals surface area contributed by atoms with Crippen molar-refractivity contribution in [3.8, 4) is 11.5 Å². The molecule has 0 radical (unpaired) electrons. The molecule has 32 heavy (non-hydrogen) atoms. The summed E-state index contributed by atoms with van der Waals surface area (Å²) in [5.41, 5.74) is 5.47. The Hall–Kier alpha value is -2.38. The molecule has 3 rings (SSSR count). The van der Waals surface area contributed by atoms with Gasteiger partial charge in [0.2, 0.25) is 5.91 Å². The van der Waals surface area contributed by atoms with E-state index in [4.69, 9.17) is 15.2 Å². The van der Waals surface area contributed by atoms with Gasteiger partial charge in [0.05, 0.1) is 32.2 Å². The molecule has 1 aromatic rings. The van der Waals surface area contributed by atoms with Crippen LogP contribution in [0, 0.1) is 0 Å². The molecule has 0 aromatic heterocycles. The number of nitrogens with one attached hydrogen (secondary N) is 1. The van der Waals surface area contributed by atoms with E-state index in [1.807, 2.05) is 0 Å². The molecule has 1 amide bonds. The van der Waals surface area contributed by atoms with Gasteiger partial charge in [0, 0.05) is 19.1 Å². The van der Waals surface area contributed by atoms with E-state index >= 15 is 0 Å². The largest absolute Gasteiger partial charge is 0.507 e. The molecular formula is C20H30BN3O8. The lowest BCUT2D eigenvalue weighted by molar-refractivity contribution is -0.143. The van der Waals surface area contributed by atoms with Crippen LogP contribution in [0.15, 0.2) is 12.1 Å². The number of hydrogen-bond acceptors (Lipinski definition) is 9. The van der Waals surface area contributed by atoms with Crippen molar-refractivity contribution < 1.29 is 39.3 Å². The smallest absolute Gasteiger partial charge is 0.454 e. The number of carboxylic acids is 1. The van der Waals surface area contributed by atoms with E-state index in [1.165, 1.54) is 12.1 Å². The summed E-state index contributed by atoms with van der Waals surface area (Å²) in [6, 6.07) is 3.04. The molecule has 1 aromatic carbocycles. The Morgan fingerprint density at radius 2 is 2.09 bits per heavy atom. The van der Waals surface area contributed by atoms with Crippen molar-refractivity contribution in [2.45, 2.75) is 43.8 Å². The van der Waals surface area contributed by atoms with Crippen LogP contribution in [0.1, 0.15) is 29.3 Å². The van der Waals surface area contributed by atoms with Crippen LogP contribution in [0.5, 0.6) is 11.5 Å². The van der Waals surface area contributed by atoms with Gasteiger partial charge >= 0.3 is 13.1 Å². The summed E-state index contributed by atoms with van der Waals surface area (Å²) >= 11 is 0. The summed E-state index contributed by atoms with van der Waals surface area (Å²) in [6.07, 6.45) is -0.289. The third kappa shape index (κ3) is 5.70. The number of nitrogens with zero attached hydrogens (tertiary/aromatic N) is 1. The van der Waals surface area contributed by atoms with Crippen LogP contribution in [-0.4, -0.2) is 95.2 Å². The van der Waals surface area contributed by atoms with Gasteiger partial charge in [0.15, 0.2) is 0 Å². The van der Waals surface area contributed by atoms with E-state index in [0.717, 1.165) is 0 Å². The number of aromatic carboxylic acids is 1. The van der Waals surface area contributed by atoms with Gasteiger partial charge in [0.25, 0.3) is 0 Å². The van der Waals surface area contributed by atoms with Crippen molar-refractivity contribution in [2.24, 2.45) is 5.73 Å². The van der Waals surface area contributed by atoms with Gasteiger partial charge in [-0.15, -0.1) is 0 Å². The van der Waals surface area contributed by atoms with E-state index in [9.17, 15) is 29.9 Å². The van der Waals surface area contributed by atoms with Crippen LogP contribution < -0.4 is 15.8 Å². The lowest BCUT2D eigenvalue weighted by atomic mass is 9.71. The zero-order chi connectivity index (χ0) is 23.4. The minimum absolute atomic E-state index is 0.000638. The number of benzene rings is 1. The molecule has 2 heterocycles. The van der Waals surface area contributed by atoms with Crippen LogP contribution in [0.3, 0.4) is 0 Å². The fourth-order valence-electron chi connectivity index (χ4n) is 3.71. The quantitative estimate of drug-likeness (QED) is 0.250. The van der Waals surface area contributed by atoms with Crippen LogP contribution >= 0.6 is 0 Å². The summed E-state index contributed by atoms with van der Waals surface area (Å²) in [5, 5.41) is 41.7. The van der Waals surface area contributed by atoms with Crippen molar-refractivity contribution in [3.63, 3.8) is 0 Å². The molecule has 2 aliphatic rings. The van der Waals surface area contributed by atoms with Crippen molar-refractivity contribution >= 4 is 19.0 Å². The minimum Gasteiger partial charge on any atom is -0.507 e. The molecule has 176 valence electrons. The highest BCUT2D eigenvalue weighted by molar-refractivity contribution is 6.43. The molecule has 2 fully saturated rings. The Morgan fingerprint density at radius 3 is 2.66 bits per heavy atom. The molecule has 2 unspecified atom stereocenters. The van der Waals surface area contributed by atoms with Gasteiger partial charge < -0.3 is 45.7 Å². The van der Waals surface area contributed by atoms with Crippen molar-refractivity contribution in [1.82, 2.24) is 10.2 Å². The molecule has 3 atom stereocenters. The van der Waals surface area contributed by atoms with E-state index in [2.05, 4.69) is 5.32 Å². The number of hydrogen-bond donors (Lipinski definition) is 6. The second kappa shape index (κ2) is 10.5. The second-order valence-corrected chi connectivity index (χ2v) is 8.39. The van der Waals surface area contributed by atoms with Gasteiger partial charge in [0.1, 0.15) is 23.2 Å². The van der Waals surface area contributed by atoms with Crippen molar-refractivity contribution in [3.05, 3.63) is 23.3 Å². The molecule has 0 bridgehead atoms. The number of ether oxygens (including phenoxy) is 2. The molecule has 12 heteroatoms. The summed E-state index contributed by atoms with van der Waals surface area (Å²) in [4.78, 5) is 25.8. The molecule has 2 aliphatic heterocycles. The van der Waals surface area contributed by atoms with Crippen LogP contribution in [0.25, 0.3) is 0 Å². The summed E-state index contributed by atoms with van der Waals surface area (Å²) in [5.74, 6) is -2.49. The highest BCUT2D eigenvalue weighted by Crippen LogP contribution is 2.35. The first-order valence-corrected chi connectivity index (χ1v) is 10.6. The fraction of sp³-hybridized carbons (Fsp3) is 0.600. The standard InChI is InChI=1S/C20H30BN3O8/c1-11(21(29)30)4-12-2-3-16(18(19(12)26)20(27)28)32-15-8-24(9-15)17(25)5-14-7-23-13(6-22)10-31-14/h2-3,11,13-15,23,26,29-30H,4-10,22H2,1H3,(H,27,28)/t11-,13?,14?/m1/s1. The van der Waals surface area contributed by atoms with Crippen LogP contribution in [-0.2, 0) is 16.0 Å². The number of carbonyl (C=O) groups is 2. The van der Waals surface area contributed by atoms with Gasteiger partial charge in [-0.25, -0.2) is 4.79 Å². The summed E-state index contributed by atoms with van der Waals surface area (Å²) in [6.45, 7) is 3.68. The first-order valence-electron chi connectivity index (χ1n) is 10.6. The first-order chi connectivity index (χ1) is 15.2. The number of morpholine rings is 1. The van der Waals surface area contributed by atoms with Crippen molar-refractivity contribution in [2.75, 3.05) is 32.8 Å². The van der Waals surface area contributed by atoms with E-state index < -0.39 is 30.8 Å². The number of aromatic hydroxyl groups is 1. The number of carboxylic acid groups (broad SMARTS) is 1. The molecule has 7 N–H and O–H groups in total. The maximum Gasteiger partial charge on any atom is 0.454 e. The third-order valence-electron chi connectivity index (χ3n) is 5.84. The maximum atomic E-state index is 12.4. The molecular weight excluding hydrogens is 421 g/mol. The molecule has 0 aliphatic carbocycles. The molecule has 0 spiro atoms. The number of carbonyl (C=O) groups excluding carboxylic acids is 1. The zero-order valence-corrected chi connectivity index (χ0v) is 17.9. The van der Waals surface area contributed by atoms with E-state index in [1.54, 1.807) is 11.8 Å². The van der Waals surface area contributed by atoms with E-state index in [0.29, 0.717) is 32.8 Å². The number of amides is 1. The van der Waals surface area contributed by atoms with Crippen molar-refractivity contribution in [1.29, 1.82) is 0 Å². The van der Waals surface area contributed by atoms with E-state index in [-0.39, 0.29) is 47.8 Å². The fourth-order valence-corrected chi connectivity index (χ4v) is 3.71. The summed E-state index contributed by atoms with van der Waals surface area (Å²) in [7, 11) is -1.59. The number of phenols is 1. The maximum absolute atomic E-state index is 12.4. The van der Waals surface area contributed by atoms with Crippen LogP contribution in [0.2, 0.25) is 5.82 Å². The third-order valence-corrected chi connectivity index (χ3v) is 5.84. The number of nitrogens with two attached hydrogens (primary N) is 1. The van der Waals surface area contributed by atoms with Gasteiger partial charge in [-0.2, -0.15) is 0 Å². The zero-order valence-electron chi connectivity index (χ0n) is 17.9. The van der Waals surface area contributed by atoms with Gasteiger partial charge in [-0.05, 0) is 23.9 Å². The highest BCUT2D eigenvalue weighted by Gasteiger charge is 2.35. The SMILES string of the molecule is C[C@H](Cc1ccc(OC2CN(C(=O)CC3CNC(CN)CO3)C2)c(C(=O)O)c1O)B(O)O. The Kier molecular flexibility index (Phi) is 7.96. The highest BCUT2D eigenvalue weighted by atomic mass is 16.5. The lowest BCUT2D eigenvalue weighted by Crippen LogP contribution is -2.57. The molecule has 11 nitrogen and oxygen atoms in total. The minimum atomic E-state index is -1.59. The molecule has 0 saturated carbocycles. The second-order valence-electron chi connectivity index (χ2n) is 8.39.